The lowest BCUT2D eigenvalue weighted by atomic mass is 9.95. The van der Waals surface area contributed by atoms with E-state index in [-0.39, 0.29) is 5.78 Å². The van der Waals surface area contributed by atoms with Gasteiger partial charge >= 0.3 is 0 Å². The van der Waals surface area contributed by atoms with Crippen LogP contribution in [-0.4, -0.2) is 16.3 Å². The Morgan fingerprint density at radius 1 is 1.47 bits per heavy atom. The minimum atomic E-state index is -0.462. The van der Waals surface area contributed by atoms with Crippen LogP contribution in [-0.2, 0) is 0 Å². The van der Waals surface area contributed by atoms with Gasteiger partial charge in [0.1, 0.15) is 0 Å². The van der Waals surface area contributed by atoms with Crippen molar-refractivity contribution >= 4 is 5.78 Å². The fraction of sp³-hybridized carbons (Fsp3) is 0.500. The van der Waals surface area contributed by atoms with Crippen LogP contribution in [0.5, 0.6) is 0 Å². The zero-order valence-corrected chi connectivity index (χ0v) is 9.79. The Balaban J connectivity index is 2.88. The Kier molecular flexibility index (Phi) is 3.25. The van der Waals surface area contributed by atoms with Crippen molar-refractivity contribution in [3.05, 3.63) is 29.1 Å². The summed E-state index contributed by atoms with van der Waals surface area (Å²) in [4.78, 5) is 16.0. The van der Waals surface area contributed by atoms with Gasteiger partial charge in [0.2, 0.25) is 0 Å². The molecule has 2 N–H and O–H groups in total. The summed E-state index contributed by atoms with van der Waals surface area (Å²) >= 11 is 0. The molecule has 3 nitrogen and oxygen atoms in total. The Hall–Kier alpha value is -1.22. The lowest BCUT2D eigenvalue weighted by molar-refractivity contribution is 0.0960. The molecule has 0 unspecified atom stereocenters. The highest BCUT2D eigenvalue weighted by molar-refractivity contribution is 5.96. The van der Waals surface area contributed by atoms with Crippen LogP contribution in [0.3, 0.4) is 0 Å². The third-order valence-electron chi connectivity index (χ3n) is 2.28. The molecule has 0 aliphatic rings. The van der Waals surface area contributed by atoms with Crippen molar-refractivity contribution in [2.45, 2.75) is 39.7 Å². The number of nitrogens with zero attached hydrogens (tertiary/aromatic N) is 1. The number of hydrogen-bond donors (Lipinski definition) is 1. The molecule has 0 bridgehead atoms. The molecule has 0 atom stereocenters. The van der Waals surface area contributed by atoms with E-state index in [0.29, 0.717) is 12.0 Å². The maximum atomic E-state index is 11.8. The SMILES string of the molecule is Cc1cc(C(=O)CC(C)(C)N)cnc1C. The molecule has 1 aromatic rings. The lowest BCUT2D eigenvalue weighted by Gasteiger charge is -2.17. The summed E-state index contributed by atoms with van der Waals surface area (Å²) in [5.41, 5.74) is 7.98. The van der Waals surface area contributed by atoms with Gasteiger partial charge in [0.05, 0.1) is 0 Å². The number of ketones is 1. The third-order valence-corrected chi connectivity index (χ3v) is 2.28. The van der Waals surface area contributed by atoms with Crippen LogP contribution in [0.2, 0.25) is 0 Å². The minimum absolute atomic E-state index is 0.0538. The molecule has 1 aromatic heterocycles. The number of hydrogen-bond acceptors (Lipinski definition) is 3. The molecular weight excluding hydrogens is 188 g/mol. The molecule has 0 aliphatic heterocycles. The van der Waals surface area contributed by atoms with E-state index in [2.05, 4.69) is 4.98 Å². The second-order valence-corrected chi connectivity index (χ2v) is 4.71. The van der Waals surface area contributed by atoms with E-state index in [0.717, 1.165) is 11.3 Å². The zero-order valence-electron chi connectivity index (χ0n) is 9.79. The van der Waals surface area contributed by atoms with Crippen molar-refractivity contribution in [2.24, 2.45) is 5.73 Å². The molecule has 0 saturated heterocycles. The minimum Gasteiger partial charge on any atom is -0.325 e. The molecule has 0 spiro atoms. The van der Waals surface area contributed by atoms with Gasteiger partial charge in [-0.25, -0.2) is 0 Å². The highest BCUT2D eigenvalue weighted by Crippen LogP contribution is 2.13. The van der Waals surface area contributed by atoms with Gasteiger partial charge in [0.25, 0.3) is 0 Å². The smallest absolute Gasteiger partial charge is 0.166 e. The van der Waals surface area contributed by atoms with Gasteiger partial charge in [-0.2, -0.15) is 0 Å². The number of aromatic nitrogens is 1. The molecule has 0 amide bonds. The van der Waals surface area contributed by atoms with Gasteiger partial charge in [-0.15, -0.1) is 0 Å². The Labute approximate surface area is 90.7 Å². The maximum absolute atomic E-state index is 11.8. The Bertz CT molecular complexity index is 378. The first-order chi connectivity index (χ1) is 6.79. The molecule has 3 heteroatoms. The number of pyridine rings is 1. The van der Waals surface area contributed by atoms with Crippen LogP contribution in [0.1, 0.15) is 41.9 Å². The van der Waals surface area contributed by atoms with Gasteiger partial charge < -0.3 is 5.73 Å². The normalized spacial score (nSPS) is 11.5. The van der Waals surface area contributed by atoms with Crippen molar-refractivity contribution in [2.75, 3.05) is 0 Å². The average molecular weight is 206 g/mol. The second kappa shape index (κ2) is 4.11. The summed E-state index contributed by atoms with van der Waals surface area (Å²) in [6, 6.07) is 1.87. The highest BCUT2D eigenvalue weighted by atomic mass is 16.1. The molecule has 0 aliphatic carbocycles. The number of rotatable bonds is 3. The van der Waals surface area contributed by atoms with Crippen molar-refractivity contribution in [3.63, 3.8) is 0 Å². The monoisotopic (exact) mass is 206 g/mol. The van der Waals surface area contributed by atoms with E-state index in [1.54, 1.807) is 6.20 Å². The van der Waals surface area contributed by atoms with Crippen LogP contribution in [0.25, 0.3) is 0 Å². The predicted molar refractivity (Wildman–Crippen MR) is 60.9 cm³/mol. The summed E-state index contributed by atoms with van der Waals surface area (Å²) < 4.78 is 0. The molecule has 0 saturated carbocycles. The van der Waals surface area contributed by atoms with E-state index >= 15 is 0 Å². The number of carbonyl (C=O) groups excluding carboxylic acids is 1. The van der Waals surface area contributed by atoms with Crippen LogP contribution < -0.4 is 5.73 Å². The van der Waals surface area contributed by atoms with Gasteiger partial charge in [0, 0.05) is 29.4 Å². The van der Waals surface area contributed by atoms with E-state index in [4.69, 9.17) is 5.73 Å². The fourth-order valence-electron chi connectivity index (χ4n) is 1.31. The molecule has 15 heavy (non-hydrogen) atoms. The van der Waals surface area contributed by atoms with Gasteiger partial charge in [0.15, 0.2) is 5.78 Å². The molecule has 0 aromatic carbocycles. The average Bonchev–Trinajstić information content (AvgIpc) is 2.06. The van der Waals surface area contributed by atoms with Crippen molar-refractivity contribution in [3.8, 4) is 0 Å². The van der Waals surface area contributed by atoms with Crippen molar-refractivity contribution in [1.29, 1.82) is 0 Å². The first-order valence-corrected chi connectivity index (χ1v) is 5.05. The van der Waals surface area contributed by atoms with E-state index in [9.17, 15) is 4.79 Å². The first kappa shape index (κ1) is 11.9. The molecule has 1 rings (SSSR count). The van der Waals surface area contributed by atoms with Gasteiger partial charge in [-0.1, -0.05) is 0 Å². The van der Waals surface area contributed by atoms with Crippen molar-refractivity contribution < 1.29 is 4.79 Å². The van der Waals surface area contributed by atoms with E-state index in [1.807, 2.05) is 33.8 Å². The third kappa shape index (κ3) is 3.44. The Morgan fingerprint density at radius 2 is 2.07 bits per heavy atom. The zero-order chi connectivity index (χ0) is 11.6. The maximum Gasteiger partial charge on any atom is 0.166 e. The van der Waals surface area contributed by atoms with E-state index in [1.165, 1.54) is 0 Å². The molecule has 82 valence electrons. The first-order valence-electron chi connectivity index (χ1n) is 5.05. The standard InChI is InChI=1S/C12H18N2O/c1-8-5-10(7-14-9(8)2)11(15)6-12(3,4)13/h5,7H,6,13H2,1-4H3. The summed E-state index contributed by atoms with van der Waals surface area (Å²) in [5.74, 6) is 0.0538. The van der Waals surface area contributed by atoms with E-state index < -0.39 is 5.54 Å². The predicted octanol–water partition coefficient (Wildman–Crippen LogP) is 2.01. The summed E-state index contributed by atoms with van der Waals surface area (Å²) in [5, 5.41) is 0. The fourth-order valence-corrected chi connectivity index (χ4v) is 1.31. The Morgan fingerprint density at radius 3 is 2.53 bits per heavy atom. The van der Waals surface area contributed by atoms with Crippen LogP contribution in [0.4, 0.5) is 0 Å². The largest absolute Gasteiger partial charge is 0.325 e. The van der Waals surface area contributed by atoms with Gasteiger partial charge in [-0.3, -0.25) is 9.78 Å². The molecule has 0 radical (unpaired) electrons. The molecular formula is C12H18N2O. The van der Waals surface area contributed by atoms with Crippen molar-refractivity contribution in [1.82, 2.24) is 4.98 Å². The second-order valence-electron chi connectivity index (χ2n) is 4.71. The number of aryl methyl sites for hydroxylation is 2. The summed E-state index contributed by atoms with van der Waals surface area (Å²) in [6.45, 7) is 7.57. The summed E-state index contributed by atoms with van der Waals surface area (Å²) in [7, 11) is 0. The summed E-state index contributed by atoms with van der Waals surface area (Å²) in [6.07, 6.45) is 1.97. The topological polar surface area (TPSA) is 56.0 Å². The van der Waals surface area contributed by atoms with Crippen LogP contribution in [0.15, 0.2) is 12.3 Å². The molecule has 0 fully saturated rings. The highest BCUT2D eigenvalue weighted by Gasteiger charge is 2.18. The van der Waals surface area contributed by atoms with Crippen LogP contribution >= 0.6 is 0 Å². The number of Topliss-reactive ketones (excluding diaryl/α,β-unsaturated/α-hetero) is 1. The number of nitrogens with two attached hydrogens (primary N) is 1. The van der Waals surface area contributed by atoms with Crippen LogP contribution in [0, 0.1) is 13.8 Å². The number of carbonyl (C=O) groups is 1. The molecule has 1 heterocycles. The quantitative estimate of drug-likeness (QED) is 0.770. The lowest BCUT2D eigenvalue weighted by Crippen LogP contribution is -2.34. The van der Waals surface area contributed by atoms with Gasteiger partial charge in [-0.05, 0) is 39.3 Å².